The van der Waals surface area contributed by atoms with Crippen LogP contribution in [-0.4, -0.2) is 35.7 Å². The van der Waals surface area contributed by atoms with Gasteiger partial charge in [-0.05, 0) is 43.2 Å². The van der Waals surface area contributed by atoms with Crippen molar-refractivity contribution in [1.29, 1.82) is 0 Å². The molecule has 2 rings (SSSR count). The van der Waals surface area contributed by atoms with E-state index in [2.05, 4.69) is 0 Å². The van der Waals surface area contributed by atoms with E-state index in [4.69, 9.17) is 21.1 Å². The lowest BCUT2D eigenvalue weighted by atomic mass is 10.1. The number of carbonyl (C=O) groups is 2. The number of rotatable bonds is 10. The largest absolute Gasteiger partial charge is 0.486 e. The Kier molecular flexibility index (Phi) is 7.82. The van der Waals surface area contributed by atoms with E-state index in [0.29, 0.717) is 10.8 Å². The van der Waals surface area contributed by atoms with Crippen LogP contribution in [0, 0.1) is 0 Å². The molecule has 1 N–H and O–H groups in total. The van der Waals surface area contributed by atoms with Gasteiger partial charge in [-0.2, -0.15) is 0 Å². The van der Waals surface area contributed by atoms with Crippen LogP contribution in [-0.2, 0) is 27.2 Å². The van der Waals surface area contributed by atoms with Gasteiger partial charge in [0, 0.05) is 17.9 Å². The number of carboxylic acid groups (broad SMARTS) is 1. The Balaban J connectivity index is 1.94. The zero-order valence-corrected chi connectivity index (χ0v) is 16.1. The van der Waals surface area contributed by atoms with Gasteiger partial charge in [-0.25, -0.2) is 4.79 Å². The summed E-state index contributed by atoms with van der Waals surface area (Å²) in [4.78, 5) is 23.5. The van der Waals surface area contributed by atoms with Crippen LogP contribution < -0.4 is 4.74 Å². The summed E-state index contributed by atoms with van der Waals surface area (Å²) >= 11 is 6.06. The molecular formula is C21H23ClO5. The van der Waals surface area contributed by atoms with Crippen molar-refractivity contribution < 1.29 is 24.2 Å². The number of carbonyl (C=O) groups excluding carboxylic acids is 1. The van der Waals surface area contributed by atoms with E-state index in [1.807, 2.05) is 18.2 Å². The predicted molar refractivity (Wildman–Crippen MR) is 103 cm³/mol. The standard InChI is InChI=1S/C21H23ClO5/c1-14(2)27-20(21(24)25)11-15-6-5-8-18(10-15)26-13-17(23)12-16-7-3-4-9-19(16)22/h3-10,14,20H,11-13H2,1-2H3,(H,24,25)/t20-/m0/s1. The van der Waals surface area contributed by atoms with Gasteiger partial charge in [0.05, 0.1) is 6.10 Å². The van der Waals surface area contributed by atoms with Gasteiger partial charge < -0.3 is 14.6 Å². The van der Waals surface area contributed by atoms with E-state index < -0.39 is 12.1 Å². The Hall–Kier alpha value is -2.37. The second kappa shape index (κ2) is 10.1. The molecule has 0 unspecified atom stereocenters. The zero-order chi connectivity index (χ0) is 19.8. The van der Waals surface area contributed by atoms with E-state index in [9.17, 15) is 14.7 Å². The lowest BCUT2D eigenvalue weighted by molar-refractivity contribution is -0.153. The van der Waals surface area contributed by atoms with Crippen molar-refractivity contribution >= 4 is 23.4 Å². The number of halogens is 1. The van der Waals surface area contributed by atoms with Crippen LogP contribution in [0.1, 0.15) is 25.0 Å². The second-order valence-electron chi connectivity index (χ2n) is 6.46. The first-order valence-corrected chi connectivity index (χ1v) is 9.08. The predicted octanol–water partition coefficient (Wildman–Crippen LogP) is 3.95. The van der Waals surface area contributed by atoms with E-state index in [-0.39, 0.29) is 31.3 Å². The third kappa shape index (κ3) is 7.04. The molecule has 27 heavy (non-hydrogen) atoms. The van der Waals surface area contributed by atoms with E-state index in [1.165, 1.54) is 0 Å². The highest BCUT2D eigenvalue weighted by Crippen LogP contribution is 2.18. The van der Waals surface area contributed by atoms with Gasteiger partial charge in [0.15, 0.2) is 11.9 Å². The minimum absolute atomic E-state index is 0.0838. The number of hydrogen-bond donors (Lipinski definition) is 1. The van der Waals surface area contributed by atoms with Gasteiger partial charge in [0.1, 0.15) is 12.4 Å². The quantitative estimate of drug-likeness (QED) is 0.665. The maximum absolute atomic E-state index is 12.1. The number of hydrogen-bond acceptors (Lipinski definition) is 4. The number of benzene rings is 2. The molecule has 0 saturated carbocycles. The molecule has 0 aliphatic heterocycles. The van der Waals surface area contributed by atoms with Crippen LogP contribution in [0.3, 0.4) is 0 Å². The molecule has 5 nitrogen and oxygen atoms in total. The van der Waals surface area contributed by atoms with Gasteiger partial charge in [-0.15, -0.1) is 0 Å². The molecule has 0 aliphatic carbocycles. The lowest BCUT2D eigenvalue weighted by Crippen LogP contribution is -2.29. The maximum atomic E-state index is 12.1. The van der Waals surface area contributed by atoms with Crippen LogP contribution in [0.4, 0.5) is 0 Å². The number of Topliss-reactive ketones (excluding diaryl/α,β-unsaturated/α-hetero) is 1. The summed E-state index contributed by atoms with van der Waals surface area (Å²) in [5, 5.41) is 9.83. The monoisotopic (exact) mass is 390 g/mol. The SMILES string of the molecule is CC(C)O[C@@H](Cc1cccc(OCC(=O)Cc2ccccc2Cl)c1)C(=O)O. The molecule has 0 heterocycles. The van der Waals surface area contributed by atoms with Crippen LogP contribution in [0.5, 0.6) is 5.75 Å². The smallest absolute Gasteiger partial charge is 0.333 e. The molecule has 144 valence electrons. The van der Waals surface area contributed by atoms with Gasteiger partial charge >= 0.3 is 5.97 Å². The summed E-state index contributed by atoms with van der Waals surface area (Å²) in [6, 6.07) is 14.2. The average Bonchev–Trinajstić information content (AvgIpc) is 2.61. The molecule has 0 spiro atoms. The van der Waals surface area contributed by atoms with Gasteiger partial charge in [0.2, 0.25) is 0 Å². The summed E-state index contributed by atoms with van der Waals surface area (Å²) in [6.45, 7) is 3.50. The highest BCUT2D eigenvalue weighted by molar-refractivity contribution is 6.31. The Morgan fingerprint density at radius 2 is 1.85 bits per heavy atom. The number of ether oxygens (including phenoxy) is 2. The Bertz CT molecular complexity index is 788. The summed E-state index contributed by atoms with van der Waals surface area (Å²) in [5.74, 6) is -0.598. The molecular weight excluding hydrogens is 368 g/mol. The van der Waals surface area contributed by atoms with E-state index in [1.54, 1.807) is 44.2 Å². The first-order valence-electron chi connectivity index (χ1n) is 8.70. The van der Waals surface area contributed by atoms with E-state index >= 15 is 0 Å². The highest BCUT2D eigenvalue weighted by Gasteiger charge is 2.20. The molecule has 0 aliphatic rings. The fraction of sp³-hybridized carbons (Fsp3) is 0.333. The number of ketones is 1. The van der Waals surface area contributed by atoms with E-state index in [0.717, 1.165) is 11.1 Å². The van der Waals surface area contributed by atoms with Gasteiger partial charge in [-0.1, -0.05) is 41.9 Å². The third-order valence-corrected chi connectivity index (χ3v) is 4.15. The topological polar surface area (TPSA) is 72.8 Å². The summed E-state index contributed by atoms with van der Waals surface area (Å²) in [6.07, 6.45) is -0.698. The Labute approximate surface area is 163 Å². The second-order valence-corrected chi connectivity index (χ2v) is 6.87. The molecule has 0 saturated heterocycles. The first kappa shape index (κ1) is 20.9. The molecule has 1 atom stereocenters. The van der Waals surface area contributed by atoms with Gasteiger partial charge in [-0.3, -0.25) is 4.79 Å². The molecule has 0 bridgehead atoms. The molecule has 0 amide bonds. The van der Waals surface area contributed by atoms with Crippen molar-refractivity contribution in [3.63, 3.8) is 0 Å². The minimum atomic E-state index is -1.01. The van der Waals surface area contributed by atoms with Gasteiger partial charge in [0.25, 0.3) is 0 Å². The van der Waals surface area contributed by atoms with Crippen molar-refractivity contribution in [3.8, 4) is 5.75 Å². The van der Waals surface area contributed by atoms with Crippen molar-refractivity contribution in [1.82, 2.24) is 0 Å². The Morgan fingerprint density at radius 1 is 1.11 bits per heavy atom. The highest BCUT2D eigenvalue weighted by atomic mass is 35.5. The van der Waals surface area contributed by atoms with Crippen molar-refractivity contribution in [2.75, 3.05) is 6.61 Å². The fourth-order valence-electron chi connectivity index (χ4n) is 2.57. The van der Waals surface area contributed by atoms with Crippen LogP contribution in [0.15, 0.2) is 48.5 Å². The summed E-state index contributed by atoms with van der Waals surface area (Å²) in [7, 11) is 0. The number of aliphatic carboxylic acids is 1. The molecule has 2 aromatic rings. The normalized spacial score (nSPS) is 12.0. The Morgan fingerprint density at radius 3 is 2.52 bits per heavy atom. The van der Waals surface area contributed by atoms with Crippen LogP contribution in [0.25, 0.3) is 0 Å². The van der Waals surface area contributed by atoms with Crippen molar-refractivity contribution in [2.24, 2.45) is 0 Å². The zero-order valence-electron chi connectivity index (χ0n) is 15.4. The molecule has 2 aromatic carbocycles. The van der Waals surface area contributed by atoms with Crippen molar-refractivity contribution in [2.45, 2.75) is 38.9 Å². The summed E-state index contributed by atoms with van der Waals surface area (Å²) < 4.78 is 11.0. The molecule has 0 fully saturated rings. The third-order valence-electron chi connectivity index (χ3n) is 3.78. The maximum Gasteiger partial charge on any atom is 0.333 e. The first-order chi connectivity index (χ1) is 12.8. The molecule has 0 radical (unpaired) electrons. The minimum Gasteiger partial charge on any atom is -0.486 e. The van der Waals surface area contributed by atoms with Crippen LogP contribution in [0.2, 0.25) is 5.02 Å². The van der Waals surface area contributed by atoms with Crippen LogP contribution >= 0.6 is 11.6 Å². The molecule has 6 heteroatoms. The average molecular weight is 391 g/mol. The van der Waals surface area contributed by atoms with Crippen molar-refractivity contribution in [3.05, 3.63) is 64.7 Å². The summed E-state index contributed by atoms with van der Waals surface area (Å²) in [5.41, 5.74) is 1.52. The molecule has 0 aromatic heterocycles. The lowest BCUT2D eigenvalue weighted by Gasteiger charge is -2.17. The number of carboxylic acids is 1. The fourth-order valence-corrected chi connectivity index (χ4v) is 2.77.